The van der Waals surface area contributed by atoms with Crippen LogP contribution in [0.4, 0.5) is 5.69 Å². The first-order valence-electron chi connectivity index (χ1n) is 7.36. The second kappa shape index (κ2) is 5.95. The van der Waals surface area contributed by atoms with Crippen LogP contribution in [0.3, 0.4) is 0 Å². The Labute approximate surface area is 125 Å². The molecule has 0 fully saturated rings. The van der Waals surface area contributed by atoms with Gasteiger partial charge in [0.05, 0.1) is 0 Å². The molecule has 0 bridgehead atoms. The van der Waals surface area contributed by atoms with E-state index >= 15 is 0 Å². The SMILES string of the molecule is N=C(N)c1cc(CN2CCCCc3ccccc32)ccn1. The van der Waals surface area contributed by atoms with Gasteiger partial charge in [-0.3, -0.25) is 10.4 Å². The summed E-state index contributed by atoms with van der Waals surface area (Å²) in [6.45, 7) is 1.90. The predicted molar refractivity (Wildman–Crippen MR) is 85.7 cm³/mol. The van der Waals surface area contributed by atoms with Crippen LogP contribution in [-0.4, -0.2) is 17.4 Å². The van der Waals surface area contributed by atoms with E-state index in [1.807, 2.05) is 12.1 Å². The van der Waals surface area contributed by atoms with E-state index in [0.29, 0.717) is 5.69 Å². The van der Waals surface area contributed by atoms with Gasteiger partial charge in [0.2, 0.25) is 0 Å². The number of hydrogen-bond acceptors (Lipinski definition) is 3. The normalized spacial score (nSPS) is 14.4. The molecule has 3 N–H and O–H groups in total. The van der Waals surface area contributed by atoms with Gasteiger partial charge in [0, 0.05) is 25.0 Å². The molecular weight excluding hydrogens is 260 g/mol. The van der Waals surface area contributed by atoms with Gasteiger partial charge in [-0.2, -0.15) is 0 Å². The number of nitrogen functional groups attached to an aromatic ring is 1. The van der Waals surface area contributed by atoms with Gasteiger partial charge in [-0.25, -0.2) is 0 Å². The van der Waals surface area contributed by atoms with E-state index in [1.54, 1.807) is 6.20 Å². The summed E-state index contributed by atoms with van der Waals surface area (Å²) in [6, 6.07) is 12.6. The molecule has 2 heterocycles. The number of fused-ring (bicyclic) bond motifs is 1. The third-order valence-corrected chi connectivity index (χ3v) is 3.93. The number of nitrogens with zero attached hydrogens (tertiary/aromatic N) is 2. The third kappa shape index (κ3) is 3.05. The lowest BCUT2D eigenvalue weighted by Crippen LogP contribution is -2.24. The number of rotatable bonds is 3. The fourth-order valence-electron chi connectivity index (χ4n) is 2.87. The van der Waals surface area contributed by atoms with Crippen LogP contribution in [0.25, 0.3) is 0 Å². The summed E-state index contributed by atoms with van der Waals surface area (Å²) >= 11 is 0. The lowest BCUT2D eigenvalue weighted by molar-refractivity contribution is 0.714. The minimum Gasteiger partial charge on any atom is -0.382 e. The molecule has 1 aromatic carbocycles. The van der Waals surface area contributed by atoms with Crippen molar-refractivity contribution in [3.63, 3.8) is 0 Å². The smallest absolute Gasteiger partial charge is 0.141 e. The van der Waals surface area contributed by atoms with Crippen molar-refractivity contribution in [3.8, 4) is 0 Å². The molecule has 0 saturated carbocycles. The van der Waals surface area contributed by atoms with E-state index in [2.05, 4.69) is 34.1 Å². The number of para-hydroxylation sites is 1. The Morgan fingerprint density at radius 3 is 2.95 bits per heavy atom. The zero-order valence-corrected chi connectivity index (χ0v) is 12.0. The van der Waals surface area contributed by atoms with Crippen molar-refractivity contribution < 1.29 is 0 Å². The molecule has 1 aliphatic heterocycles. The highest BCUT2D eigenvalue weighted by Crippen LogP contribution is 2.27. The van der Waals surface area contributed by atoms with Crippen LogP contribution in [0.15, 0.2) is 42.6 Å². The van der Waals surface area contributed by atoms with Gasteiger partial charge in [-0.1, -0.05) is 18.2 Å². The lowest BCUT2D eigenvalue weighted by atomic mass is 10.1. The monoisotopic (exact) mass is 280 g/mol. The van der Waals surface area contributed by atoms with Crippen LogP contribution >= 0.6 is 0 Å². The molecule has 21 heavy (non-hydrogen) atoms. The number of nitrogens with two attached hydrogens (primary N) is 1. The van der Waals surface area contributed by atoms with Crippen LogP contribution < -0.4 is 10.6 Å². The van der Waals surface area contributed by atoms with Crippen molar-refractivity contribution >= 4 is 11.5 Å². The number of benzene rings is 1. The first-order valence-corrected chi connectivity index (χ1v) is 7.36. The minimum absolute atomic E-state index is 0.0214. The molecule has 4 heteroatoms. The van der Waals surface area contributed by atoms with Gasteiger partial charge in [0.1, 0.15) is 11.5 Å². The number of nitrogens with one attached hydrogen (secondary N) is 1. The van der Waals surface area contributed by atoms with E-state index in [9.17, 15) is 0 Å². The van der Waals surface area contributed by atoms with E-state index < -0.39 is 0 Å². The van der Waals surface area contributed by atoms with Crippen LogP contribution in [0.1, 0.15) is 29.7 Å². The second-order valence-electron chi connectivity index (χ2n) is 5.47. The molecule has 1 aliphatic rings. The first kappa shape index (κ1) is 13.6. The standard InChI is InChI=1S/C17H20N4/c18-17(19)15-11-13(8-9-20-15)12-21-10-4-3-6-14-5-1-2-7-16(14)21/h1-2,5,7-9,11H,3-4,6,10,12H2,(H3,18,19). The van der Waals surface area contributed by atoms with Crippen molar-refractivity contribution in [2.75, 3.05) is 11.4 Å². The summed E-state index contributed by atoms with van der Waals surface area (Å²) in [4.78, 5) is 6.54. The third-order valence-electron chi connectivity index (χ3n) is 3.93. The van der Waals surface area contributed by atoms with Crippen LogP contribution in [0.5, 0.6) is 0 Å². The number of amidine groups is 1. The van der Waals surface area contributed by atoms with Gasteiger partial charge in [0.25, 0.3) is 0 Å². The van der Waals surface area contributed by atoms with E-state index in [0.717, 1.165) is 25.1 Å². The molecule has 108 valence electrons. The van der Waals surface area contributed by atoms with Crippen LogP contribution in [0.2, 0.25) is 0 Å². The number of hydrogen-bond donors (Lipinski definition) is 2. The fraction of sp³-hybridized carbons (Fsp3) is 0.294. The van der Waals surface area contributed by atoms with Crippen molar-refractivity contribution in [1.82, 2.24) is 4.98 Å². The molecular formula is C17H20N4. The Bertz CT molecular complexity index is 651. The summed E-state index contributed by atoms with van der Waals surface area (Å²) < 4.78 is 0. The zero-order chi connectivity index (χ0) is 14.7. The van der Waals surface area contributed by atoms with E-state index in [-0.39, 0.29) is 5.84 Å². The largest absolute Gasteiger partial charge is 0.382 e. The van der Waals surface area contributed by atoms with Crippen molar-refractivity contribution in [1.29, 1.82) is 5.41 Å². The molecule has 2 aromatic rings. The Hall–Kier alpha value is -2.36. The molecule has 1 aromatic heterocycles. The molecule has 3 rings (SSSR count). The summed E-state index contributed by atoms with van der Waals surface area (Å²) in [5.41, 5.74) is 9.98. The number of aromatic nitrogens is 1. The van der Waals surface area contributed by atoms with Gasteiger partial charge in [-0.05, 0) is 48.6 Å². The Morgan fingerprint density at radius 1 is 1.24 bits per heavy atom. The number of aryl methyl sites for hydroxylation is 1. The average Bonchev–Trinajstić information content (AvgIpc) is 2.70. The molecule has 0 unspecified atom stereocenters. The molecule has 0 spiro atoms. The quantitative estimate of drug-likeness (QED) is 0.671. The maximum atomic E-state index is 7.51. The van der Waals surface area contributed by atoms with E-state index in [4.69, 9.17) is 11.1 Å². The summed E-state index contributed by atoms with van der Waals surface area (Å²) in [5, 5.41) is 7.51. The Morgan fingerprint density at radius 2 is 2.10 bits per heavy atom. The van der Waals surface area contributed by atoms with Crippen LogP contribution in [0, 0.1) is 5.41 Å². The maximum absolute atomic E-state index is 7.51. The summed E-state index contributed by atoms with van der Waals surface area (Å²) in [5.74, 6) is 0.0214. The van der Waals surface area contributed by atoms with Gasteiger partial charge >= 0.3 is 0 Å². The molecule has 0 saturated heterocycles. The van der Waals surface area contributed by atoms with Gasteiger partial charge in [0.15, 0.2) is 0 Å². The Balaban J connectivity index is 1.87. The average molecular weight is 280 g/mol. The van der Waals surface area contributed by atoms with Crippen molar-refractivity contribution in [3.05, 3.63) is 59.4 Å². The second-order valence-corrected chi connectivity index (χ2v) is 5.47. The Kier molecular flexibility index (Phi) is 3.86. The first-order chi connectivity index (χ1) is 10.2. The van der Waals surface area contributed by atoms with Gasteiger partial charge in [-0.15, -0.1) is 0 Å². The fourth-order valence-corrected chi connectivity index (χ4v) is 2.87. The maximum Gasteiger partial charge on any atom is 0.141 e. The summed E-state index contributed by atoms with van der Waals surface area (Å²) in [7, 11) is 0. The highest BCUT2D eigenvalue weighted by molar-refractivity contribution is 5.93. The van der Waals surface area contributed by atoms with Gasteiger partial charge < -0.3 is 10.6 Å². The van der Waals surface area contributed by atoms with Crippen molar-refractivity contribution in [2.45, 2.75) is 25.8 Å². The lowest BCUT2D eigenvalue weighted by Gasteiger charge is -2.25. The number of anilines is 1. The molecule has 0 aliphatic carbocycles. The molecule has 0 atom stereocenters. The topological polar surface area (TPSA) is 66.0 Å². The molecule has 0 amide bonds. The van der Waals surface area contributed by atoms with E-state index in [1.165, 1.54) is 24.1 Å². The summed E-state index contributed by atoms with van der Waals surface area (Å²) in [6.07, 6.45) is 5.33. The molecule has 4 nitrogen and oxygen atoms in total. The number of pyridine rings is 1. The molecule has 0 radical (unpaired) electrons. The predicted octanol–water partition coefficient (Wildman–Crippen LogP) is 2.71. The minimum atomic E-state index is 0.0214. The highest BCUT2D eigenvalue weighted by atomic mass is 15.1. The zero-order valence-electron chi connectivity index (χ0n) is 12.0. The van der Waals surface area contributed by atoms with Crippen molar-refractivity contribution in [2.24, 2.45) is 5.73 Å². The van der Waals surface area contributed by atoms with Crippen LogP contribution in [-0.2, 0) is 13.0 Å². The highest BCUT2D eigenvalue weighted by Gasteiger charge is 2.15.